The number of nitrogens with one attached hydrogen (secondary N) is 1. The predicted molar refractivity (Wildman–Crippen MR) is 111 cm³/mol. The highest BCUT2D eigenvalue weighted by molar-refractivity contribution is 7.89. The molecule has 2 aromatic carbocycles. The van der Waals surface area contributed by atoms with Gasteiger partial charge in [-0.1, -0.05) is 18.2 Å². The smallest absolute Gasteiger partial charge is 0.243 e. The van der Waals surface area contributed by atoms with Crippen LogP contribution in [-0.4, -0.2) is 52.5 Å². The second-order valence-corrected chi connectivity index (χ2v) is 8.81. The lowest BCUT2D eigenvalue weighted by molar-refractivity contribution is -0.121. The van der Waals surface area contributed by atoms with Crippen molar-refractivity contribution in [2.24, 2.45) is 0 Å². The SMILES string of the molecule is COCCOc1ccc(CNC(=O)CN(C)S(=O)(=O)c2ccc(C)c(C)c2)cc1. The third-order valence-electron chi connectivity index (χ3n) is 4.52. The van der Waals surface area contributed by atoms with E-state index in [2.05, 4.69) is 5.32 Å². The summed E-state index contributed by atoms with van der Waals surface area (Å²) >= 11 is 0. The molecular formula is C21H28N2O5S. The monoisotopic (exact) mass is 420 g/mol. The predicted octanol–water partition coefficient (Wildman–Crippen LogP) is 2.27. The van der Waals surface area contributed by atoms with Crippen LogP contribution in [0, 0.1) is 13.8 Å². The molecule has 8 heteroatoms. The number of aryl methyl sites for hydroxylation is 2. The second kappa shape index (κ2) is 10.4. The zero-order valence-corrected chi connectivity index (χ0v) is 18.1. The minimum Gasteiger partial charge on any atom is -0.491 e. The number of methoxy groups -OCH3 is 1. The third-order valence-corrected chi connectivity index (χ3v) is 6.32. The van der Waals surface area contributed by atoms with Gasteiger partial charge in [0, 0.05) is 20.7 Å². The Balaban J connectivity index is 1.88. The summed E-state index contributed by atoms with van der Waals surface area (Å²) in [6, 6.07) is 12.3. The van der Waals surface area contributed by atoms with Gasteiger partial charge < -0.3 is 14.8 Å². The summed E-state index contributed by atoms with van der Waals surface area (Å²) in [6.07, 6.45) is 0. The van der Waals surface area contributed by atoms with Gasteiger partial charge in [0.2, 0.25) is 15.9 Å². The van der Waals surface area contributed by atoms with E-state index in [0.29, 0.717) is 19.8 Å². The maximum Gasteiger partial charge on any atom is 0.243 e. The molecule has 2 aromatic rings. The van der Waals surface area contributed by atoms with Gasteiger partial charge in [-0.05, 0) is 54.8 Å². The van der Waals surface area contributed by atoms with E-state index in [1.54, 1.807) is 25.3 Å². The highest BCUT2D eigenvalue weighted by Crippen LogP contribution is 2.18. The Morgan fingerprint density at radius 3 is 2.34 bits per heavy atom. The van der Waals surface area contributed by atoms with Gasteiger partial charge >= 0.3 is 0 Å². The zero-order chi connectivity index (χ0) is 21.4. The Morgan fingerprint density at radius 1 is 1.03 bits per heavy atom. The van der Waals surface area contributed by atoms with Gasteiger partial charge in [0.05, 0.1) is 18.0 Å². The van der Waals surface area contributed by atoms with Gasteiger partial charge in [-0.2, -0.15) is 4.31 Å². The Hall–Kier alpha value is -2.42. The van der Waals surface area contributed by atoms with E-state index in [4.69, 9.17) is 9.47 Å². The van der Waals surface area contributed by atoms with Crippen molar-refractivity contribution in [2.75, 3.05) is 33.9 Å². The number of likely N-dealkylation sites (N-methyl/N-ethyl adjacent to an activating group) is 1. The fraction of sp³-hybridized carbons (Fsp3) is 0.381. The molecule has 0 saturated carbocycles. The number of hydrogen-bond acceptors (Lipinski definition) is 5. The maximum absolute atomic E-state index is 12.7. The number of hydrogen-bond donors (Lipinski definition) is 1. The maximum atomic E-state index is 12.7. The van der Waals surface area contributed by atoms with E-state index < -0.39 is 10.0 Å². The van der Waals surface area contributed by atoms with Crippen LogP contribution in [0.25, 0.3) is 0 Å². The molecule has 0 spiro atoms. The van der Waals surface area contributed by atoms with Gasteiger partial charge in [-0.25, -0.2) is 8.42 Å². The summed E-state index contributed by atoms with van der Waals surface area (Å²) in [5.74, 6) is 0.344. The summed E-state index contributed by atoms with van der Waals surface area (Å²) in [6.45, 7) is 4.79. The minimum absolute atomic E-state index is 0.181. The van der Waals surface area contributed by atoms with E-state index in [-0.39, 0.29) is 17.3 Å². The fourth-order valence-electron chi connectivity index (χ4n) is 2.54. The highest BCUT2D eigenvalue weighted by atomic mass is 32.2. The molecule has 0 radical (unpaired) electrons. The Kier molecular flexibility index (Phi) is 8.19. The molecule has 0 aromatic heterocycles. The molecule has 1 N–H and O–H groups in total. The number of nitrogens with zero attached hydrogens (tertiary/aromatic N) is 1. The van der Waals surface area contributed by atoms with Crippen molar-refractivity contribution in [1.29, 1.82) is 0 Å². The van der Waals surface area contributed by atoms with Crippen LogP contribution in [0.4, 0.5) is 0 Å². The van der Waals surface area contributed by atoms with E-state index in [1.807, 2.05) is 38.1 Å². The number of benzene rings is 2. The first kappa shape index (κ1) is 22.9. The molecule has 0 atom stereocenters. The first-order valence-corrected chi connectivity index (χ1v) is 10.7. The second-order valence-electron chi connectivity index (χ2n) is 6.77. The van der Waals surface area contributed by atoms with Gasteiger partial charge in [0.1, 0.15) is 12.4 Å². The van der Waals surface area contributed by atoms with Crippen molar-refractivity contribution in [3.05, 3.63) is 59.2 Å². The van der Waals surface area contributed by atoms with E-state index in [9.17, 15) is 13.2 Å². The summed E-state index contributed by atoms with van der Waals surface area (Å²) in [5, 5.41) is 2.74. The molecule has 0 fully saturated rings. The molecule has 0 unspecified atom stereocenters. The normalized spacial score (nSPS) is 11.5. The van der Waals surface area contributed by atoms with Crippen LogP contribution in [-0.2, 0) is 26.1 Å². The first-order valence-electron chi connectivity index (χ1n) is 9.25. The quantitative estimate of drug-likeness (QED) is 0.596. The molecule has 7 nitrogen and oxygen atoms in total. The van der Waals surface area contributed by atoms with Crippen LogP contribution in [0.1, 0.15) is 16.7 Å². The molecule has 0 aliphatic carbocycles. The third kappa shape index (κ3) is 6.56. The topological polar surface area (TPSA) is 84.9 Å². The van der Waals surface area contributed by atoms with Crippen LogP contribution < -0.4 is 10.1 Å². The van der Waals surface area contributed by atoms with Gasteiger partial charge in [-0.15, -0.1) is 0 Å². The Morgan fingerprint density at radius 2 is 1.72 bits per heavy atom. The number of carbonyl (C=O) groups is 1. The summed E-state index contributed by atoms with van der Waals surface area (Å²) in [5.41, 5.74) is 2.79. The van der Waals surface area contributed by atoms with Crippen molar-refractivity contribution in [2.45, 2.75) is 25.3 Å². The molecule has 0 aliphatic rings. The van der Waals surface area contributed by atoms with Crippen LogP contribution in [0.3, 0.4) is 0 Å². The van der Waals surface area contributed by atoms with Crippen LogP contribution in [0.15, 0.2) is 47.4 Å². The fourth-order valence-corrected chi connectivity index (χ4v) is 3.76. The summed E-state index contributed by atoms with van der Waals surface area (Å²) < 4.78 is 36.8. The number of rotatable bonds is 10. The van der Waals surface area contributed by atoms with E-state index in [0.717, 1.165) is 26.7 Å². The minimum atomic E-state index is -3.73. The van der Waals surface area contributed by atoms with Crippen molar-refractivity contribution in [1.82, 2.24) is 9.62 Å². The highest BCUT2D eigenvalue weighted by Gasteiger charge is 2.23. The molecular weight excluding hydrogens is 392 g/mol. The largest absolute Gasteiger partial charge is 0.491 e. The number of sulfonamides is 1. The zero-order valence-electron chi connectivity index (χ0n) is 17.3. The molecule has 0 bridgehead atoms. The summed E-state index contributed by atoms with van der Waals surface area (Å²) in [4.78, 5) is 12.4. The average molecular weight is 421 g/mol. The van der Waals surface area contributed by atoms with Crippen molar-refractivity contribution in [3.63, 3.8) is 0 Å². The van der Waals surface area contributed by atoms with Crippen molar-refractivity contribution in [3.8, 4) is 5.75 Å². The molecule has 0 aliphatic heterocycles. The number of carbonyl (C=O) groups excluding carboxylic acids is 1. The lowest BCUT2D eigenvalue weighted by atomic mass is 10.1. The molecule has 0 heterocycles. The molecule has 2 rings (SSSR count). The average Bonchev–Trinajstić information content (AvgIpc) is 2.69. The van der Waals surface area contributed by atoms with Crippen LogP contribution in [0.5, 0.6) is 5.75 Å². The summed E-state index contributed by atoms with van der Waals surface area (Å²) in [7, 11) is -0.717. The molecule has 29 heavy (non-hydrogen) atoms. The lowest BCUT2D eigenvalue weighted by Gasteiger charge is -2.17. The standard InChI is InChI=1S/C21H28N2O5S/c1-16-5-10-20(13-17(16)2)29(25,26)23(3)15-21(24)22-14-18-6-8-19(9-7-18)28-12-11-27-4/h5-10,13H,11-12,14-15H2,1-4H3,(H,22,24). The van der Waals surface area contributed by atoms with Gasteiger partial charge in [0.15, 0.2) is 0 Å². The number of ether oxygens (including phenoxy) is 2. The van der Waals surface area contributed by atoms with Gasteiger partial charge in [0.25, 0.3) is 0 Å². The Labute approximate surface area is 172 Å². The van der Waals surface area contributed by atoms with Gasteiger partial charge in [-0.3, -0.25) is 4.79 Å². The van der Waals surface area contributed by atoms with Crippen LogP contribution >= 0.6 is 0 Å². The first-order chi connectivity index (χ1) is 13.7. The lowest BCUT2D eigenvalue weighted by Crippen LogP contribution is -2.38. The van der Waals surface area contributed by atoms with Crippen LogP contribution in [0.2, 0.25) is 0 Å². The molecule has 1 amide bonds. The van der Waals surface area contributed by atoms with E-state index >= 15 is 0 Å². The molecule has 158 valence electrons. The van der Waals surface area contributed by atoms with Crippen molar-refractivity contribution >= 4 is 15.9 Å². The van der Waals surface area contributed by atoms with E-state index in [1.165, 1.54) is 7.05 Å². The van der Waals surface area contributed by atoms with Crippen molar-refractivity contribution < 1.29 is 22.7 Å². The number of amides is 1. The molecule has 0 saturated heterocycles. The Bertz CT molecular complexity index is 927.